The third-order valence-corrected chi connectivity index (χ3v) is 2.10. The molecule has 0 aromatic carbocycles. The number of nitrogens with zero attached hydrogens (tertiary/aromatic N) is 3. The molecule has 114 valence electrons. The first-order valence-corrected chi connectivity index (χ1v) is 6.29. The molecule has 0 saturated heterocycles. The van der Waals surface area contributed by atoms with E-state index in [-0.39, 0.29) is 12.6 Å². The smallest absolute Gasteiger partial charge is 0.322 e. The molecule has 0 radical (unpaired) electrons. The fraction of sp³-hybridized carbons (Fsp3) is 0.727. The van der Waals surface area contributed by atoms with Crippen LogP contribution in [0.15, 0.2) is 0 Å². The molecule has 0 fully saturated rings. The molecule has 2 N–H and O–H groups in total. The Labute approximate surface area is 116 Å². The molecule has 1 aromatic rings. The van der Waals surface area contributed by atoms with Crippen molar-refractivity contribution in [2.45, 2.75) is 19.8 Å². The normalized spacial score (nSPS) is 10.7. The highest BCUT2D eigenvalue weighted by atomic mass is 19.3. The summed E-state index contributed by atoms with van der Waals surface area (Å²) in [5.74, 6) is 0.700. The lowest BCUT2D eigenvalue weighted by molar-refractivity contribution is 0.0214. The van der Waals surface area contributed by atoms with E-state index in [9.17, 15) is 8.78 Å². The van der Waals surface area contributed by atoms with E-state index in [4.69, 9.17) is 9.47 Å². The maximum atomic E-state index is 11.9. The lowest BCUT2D eigenvalue weighted by Crippen LogP contribution is -2.16. The number of rotatable bonds is 10. The van der Waals surface area contributed by atoms with Crippen LogP contribution in [0.5, 0.6) is 6.01 Å². The molecule has 0 spiro atoms. The van der Waals surface area contributed by atoms with Crippen LogP contribution in [-0.2, 0) is 4.74 Å². The van der Waals surface area contributed by atoms with Gasteiger partial charge in [-0.15, -0.1) is 0 Å². The molecule has 0 atom stereocenters. The van der Waals surface area contributed by atoms with Gasteiger partial charge in [-0.3, -0.25) is 0 Å². The lowest BCUT2D eigenvalue weighted by Gasteiger charge is -2.09. The van der Waals surface area contributed by atoms with Crippen molar-refractivity contribution in [3.05, 3.63) is 0 Å². The Balaban J connectivity index is 2.46. The first-order chi connectivity index (χ1) is 9.65. The minimum atomic E-state index is -2.46. The number of aromatic nitrogens is 3. The highest BCUT2D eigenvalue weighted by molar-refractivity contribution is 5.35. The number of ether oxygens (including phenoxy) is 2. The van der Waals surface area contributed by atoms with E-state index in [0.29, 0.717) is 18.4 Å². The molecule has 20 heavy (non-hydrogen) atoms. The van der Waals surface area contributed by atoms with Crippen LogP contribution in [0.1, 0.15) is 13.3 Å². The third-order valence-electron chi connectivity index (χ3n) is 2.10. The zero-order valence-corrected chi connectivity index (χ0v) is 11.5. The Kier molecular flexibility index (Phi) is 7.48. The van der Waals surface area contributed by atoms with E-state index >= 15 is 0 Å². The first-order valence-electron chi connectivity index (χ1n) is 6.29. The molecule has 1 heterocycles. The van der Waals surface area contributed by atoms with Gasteiger partial charge in [0, 0.05) is 13.1 Å². The SMILES string of the molecule is CCCNc1nc(NCCOCC(F)F)nc(OC)n1. The van der Waals surface area contributed by atoms with Gasteiger partial charge in [0.05, 0.1) is 13.7 Å². The molecule has 9 heteroatoms. The van der Waals surface area contributed by atoms with Crippen LogP contribution in [0, 0.1) is 0 Å². The van der Waals surface area contributed by atoms with Crippen LogP contribution in [-0.4, -0.2) is 54.8 Å². The van der Waals surface area contributed by atoms with Gasteiger partial charge in [-0.05, 0) is 6.42 Å². The van der Waals surface area contributed by atoms with E-state index in [1.807, 2.05) is 6.92 Å². The van der Waals surface area contributed by atoms with Gasteiger partial charge in [-0.1, -0.05) is 6.92 Å². The van der Waals surface area contributed by atoms with E-state index in [2.05, 4.69) is 25.6 Å². The molecule has 0 aliphatic carbocycles. The maximum absolute atomic E-state index is 11.9. The number of methoxy groups -OCH3 is 1. The number of hydrogen-bond donors (Lipinski definition) is 2. The summed E-state index contributed by atoms with van der Waals surface area (Å²) in [6.45, 7) is 2.61. The summed E-state index contributed by atoms with van der Waals surface area (Å²) in [5, 5.41) is 5.87. The second-order valence-electron chi connectivity index (χ2n) is 3.79. The van der Waals surface area contributed by atoms with Crippen LogP contribution in [0.25, 0.3) is 0 Å². The minimum absolute atomic E-state index is 0.135. The highest BCUT2D eigenvalue weighted by Gasteiger charge is 2.06. The van der Waals surface area contributed by atoms with Gasteiger partial charge in [-0.2, -0.15) is 15.0 Å². The lowest BCUT2D eigenvalue weighted by atomic mass is 10.5. The Morgan fingerprint density at radius 2 is 1.75 bits per heavy atom. The van der Waals surface area contributed by atoms with Crippen LogP contribution >= 0.6 is 0 Å². The Morgan fingerprint density at radius 1 is 1.10 bits per heavy atom. The second kappa shape index (κ2) is 9.18. The average Bonchev–Trinajstić information content (AvgIpc) is 2.44. The summed E-state index contributed by atoms with van der Waals surface area (Å²) in [6, 6.07) is 0.176. The molecular formula is C11H19F2N5O2. The minimum Gasteiger partial charge on any atom is -0.467 e. The van der Waals surface area contributed by atoms with E-state index in [1.54, 1.807) is 0 Å². The van der Waals surface area contributed by atoms with Gasteiger partial charge in [0.15, 0.2) is 0 Å². The molecule has 0 amide bonds. The fourth-order valence-electron chi connectivity index (χ4n) is 1.25. The quantitative estimate of drug-likeness (QED) is 0.630. The van der Waals surface area contributed by atoms with Crippen LogP contribution in [0.4, 0.5) is 20.7 Å². The van der Waals surface area contributed by atoms with Gasteiger partial charge in [0.2, 0.25) is 11.9 Å². The number of alkyl halides is 2. The summed E-state index contributed by atoms with van der Waals surface area (Å²) in [4.78, 5) is 12.1. The molecule has 0 aliphatic rings. The highest BCUT2D eigenvalue weighted by Crippen LogP contribution is 2.10. The van der Waals surface area contributed by atoms with Crippen molar-refractivity contribution < 1.29 is 18.3 Å². The van der Waals surface area contributed by atoms with Gasteiger partial charge < -0.3 is 20.1 Å². The number of anilines is 2. The Bertz CT molecular complexity index is 395. The van der Waals surface area contributed by atoms with E-state index in [0.717, 1.165) is 13.0 Å². The molecule has 1 rings (SSSR count). The molecule has 0 saturated carbocycles. The van der Waals surface area contributed by atoms with Crippen molar-refractivity contribution in [1.82, 2.24) is 15.0 Å². The fourth-order valence-corrected chi connectivity index (χ4v) is 1.25. The standard InChI is InChI=1S/C11H19F2N5O2/c1-3-4-14-9-16-10(18-11(17-9)19-2)15-5-6-20-7-8(12)13/h8H,3-7H2,1-2H3,(H2,14,15,16,17,18). The van der Waals surface area contributed by atoms with Crippen LogP contribution in [0.3, 0.4) is 0 Å². The maximum Gasteiger partial charge on any atom is 0.322 e. The molecule has 1 aromatic heterocycles. The van der Waals surface area contributed by atoms with Crippen molar-refractivity contribution in [1.29, 1.82) is 0 Å². The summed E-state index contributed by atoms with van der Waals surface area (Å²) in [5.41, 5.74) is 0. The topological polar surface area (TPSA) is 81.2 Å². The second-order valence-corrected chi connectivity index (χ2v) is 3.79. The summed E-state index contributed by atoms with van der Waals surface area (Å²) >= 11 is 0. The van der Waals surface area contributed by atoms with Crippen molar-refractivity contribution >= 4 is 11.9 Å². The molecular weight excluding hydrogens is 272 g/mol. The molecule has 0 unspecified atom stereocenters. The van der Waals surface area contributed by atoms with E-state index in [1.165, 1.54) is 7.11 Å². The summed E-state index contributed by atoms with van der Waals surface area (Å²) < 4.78 is 33.4. The predicted molar refractivity (Wildman–Crippen MR) is 70.5 cm³/mol. The van der Waals surface area contributed by atoms with Gasteiger partial charge in [0.25, 0.3) is 6.43 Å². The zero-order chi connectivity index (χ0) is 14.8. The molecule has 0 aliphatic heterocycles. The average molecular weight is 291 g/mol. The van der Waals surface area contributed by atoms with Gasteiger partial charge >= 0.3 is 6.01 Å². The largest absolute Gasteiger partial charge is 0.467 e. The third kappa shape index (κ3) is 6.41. The molecule has 7 nitrogen and oxygen atoms in total. The number of nitrogens with one attached hydrogen (secondary N) is 2. The summed E-state index contributed by atoms with van der Waals surface area (Å²) in [7, 11) is 1.45. The monoisotopic (exact) mass is 291 g/mol. The summed E-state index contributed by atoms with van der Waals surface area (Å²) in [6.07, 6.45) is -1.53. The number of hydrogen-bond acceptors (Lipinski definition) is 7. The first kappa shape index (κ1) is 16.3. The van der Waals surface area contributed by atoms with Crippen molar-refractivity contribution in [3.63, 3.8) is 0 Å². The predicted octanol–water partition coefficient (Wildman–Crippen LogP) is 1.40. The zero-order valence-electron chi connectivity index (χ0n) is 11.5. The molecule has 0 bridgehead atoms. The Morgan fingerprint density at radius 3 is 2.30 bits per heavy atom. The van der Waals surface area contributed by atoms with E-state index < -0.39 is 13.0 Å². The Hall–Kier alpha value is -1.77. The van der Waals surface area contributed by atoms with Gasteiger partial charge in [0.1, 0.15) is 6.61 Å². The van der Waals surface area contributed by atoms with Crippen LogP contribution < -0.4 is 15.4 Å². The number of halogens is 2. The van der Waals surface area contributed by atoms with Gasteiger partial charge in [-0.25, -0.2) is 8.78 Å². The van der Waals surface area contributed by atoms with Crippen molar-refractivity contribution in [2.75, 3.05) is 44.0 Å². The van der Waals surface area contributed by atoms with Crippen molar-refractivity contribution in [3.8, 4) is 6.01 Å². The van der Waals surface area contributed by atoms with Crippen molar-refractivity contribution in [2.24, 2.45) is 0 Å². The van der Waals surface area contributed by atoms with Crippen LogP contribution in [0.2, 0.25) is 0 Å².